The number of nitrogens with one attached hydrogen (secondary N) is 1. The first-order valence-corrected chi connectivity index (χ1v) is 11.2. The fourth-order valence-electron chi connectivity index (χ4n) is 2.95. The van der Waals surface area contributed by atoms with Crippen molar-refractivity contribution in [3.8, 4) is 21.8 Å². The molecule has 29 heavy (non-hydrogen) atoms. The monoisotopic (exact) mass is 424 g/mol. The molecule has 1 heterocycles. The van der Waals surface area contributed by atoms with Gasteiger partial charge in [-0.1, -0.05) is 42.5 Å². The number of anilines is 1. The number of halogens is 1. The van der Waals surface area contributed by atoms with Gasteiger partial charge < -0.3 is 0 Å². The number of thiazole rings is 1. The second kappa shape index (κ2) is 7.77. The number of hydrogen-bond acceptors (Lipinski definition) is 4. The minimum Gasteiger partial charge on any atom is -0.280 e. The van der Waals surface area contributed by atoms with Crippen molar-refractivity contribution >= 4 is 27.0 Å². The molecule has 146 valence electrons. The predicted octanol–water partition coefficient (Wildman–Crippen LogP) is 5.73. The molecule has 0 saturated heterocycles. The third kappa shape index (κ3) is 4.21. The molecule has 0 unspecified atom stereocenters. The van der Waals surface area contributed by atoms with Gasteiger partial charge in [0.15, 0.2) is 0 Å². The van der Waals surface area contributed by atoms with Crippen LogP contribution in [0.5, 0.6) is 0 Å². The lowest BCUT2D eigenvalue weighted by molar-refractivity contribution is 0.598. The molecule has 0 radical (unpaired) electrons. The molecule has 1 aromatic heterocycles. The summed E-state index contributed by atoms with van der Waals surface area (Å²) in [5.74, 6) is -0.469. The topological polar surface area (TPSA) is 59.1 Å². The van der Waals surface area contributed by atoms with Crippen LogP contribution in [0.3, 0.4) is 0 Å². The van der Waals surface area contributed by atoms with Crippen LogP contribution < -0.4 is 4.72 Å². The average Bonchev–Trinajstić information content (AvgIpc) is 3.19. The molecule has 0 aliphatic carbocycles. The summed E-state index contributed by atoms with van der Waals surface area (Å²) in [7, 11) is -3.80. The Morgan fingerprint density at radius 3 is 2.34 bits per heavy atom. The highest BCUT2D eigenvalue weighted by Gasteiger charge is 2.17. The van der Waals surface area contributed by atoms with E-state index in [0.717, 1.165) is 27.9 Å². The quantitative estimate of drug-likeness (QED) is 0.445. The average molecular weight is 425 g/mol. The molecular formula is C22H17FN2O2S2. The van der Waals surface area contributed by atoms with E-state index in [-0.39, 0.29) is 4.90 Å². The van der Waals surface area contributed by atoms with Crippen molar-refractivity contribution in [3.63, 3.8) is 0 Å². The Kier molecular flexibility index (Phi) is 5.17. The lowest BCUT2D eigenvalue weighted by atomic mass is 10.1. The number of aromatic nitrogens is 1. The van der Waals surface area contributed by atoms with Crippen LogP contribution in [0.4, 0.5) is 10.1 Å². The largest absolute Gasteiger partial charge is 0.280 e. The molecule has 7 heteroatoms. The van der Waals surface area contributed by atoms with Crippen LogP contribution in [0, 0.1) is 12.7 Å². The maximum absolute atomic E-state index is 13.3. The first-order valence-electron chi connectivity index (χ1n) is 8.83. The van der Waals surface area contributed by atoms with Gasteiger partial charge in [-0.3, -0.25) is 4.72 Å². The summed E-state index contributed by atoms with van der Waals surface area (Å²) < 4.78 is 41.0. The molecule has 0 amide bonds. The van der Waals surface area contributed by atoms with Crippen molar-refractivity contribution in [2.24, 2.45) is 0 Å². The Labute approximate surface area is 172 Å². The zero-order valence-electron chi connectivity index (χ0n) is 15.5. The maximum Gasteiger partial charge on any atom is 0.262 e. The second-order valence-electron chi connectivity index (χ2n) is 6.50. The maximum atomic E-state index is 13.3. The highest BCUT2D eigenvalue weighted by atomic mass is 32.2. The Morgan fingerprint density at radius 1 is 0.931 bits per heavy atom. The normalized spacial score (nSPS) is 11.4. The number of nitrogens with zero attached hydrogens (tertiary/aromatic N) is 1. The molecule has 3 aromatic carbocycles. The summed E-state index contributed by atoms with van der Waals surface area (Å²) in [6.07, 6.45) is 0. The van der Waals surface area contributed by atoms with Crippen molar-refractivity contribution in [3.05, 3.63) is 89.6 Å². The third-order valence-electron chi connectivity index (χ3n) is 4.38. The summed E-state index contributed by atoms with van der Waals surface area (Å²) in [6, 6.07) is 20.5. The number of sulfonamides is 1. The van der Waals surface area contributed by atoms with E-state index in [1.165, 1.54) is 12.1 Å². The first kappa shape index (κ1) is 19.3. The minimum absolute atomic E-state index is 0.0509. The van der Waals surface area contributed by atoms with Crippen LogP contribution in [-0.4, -0.2) is 13.4 Å². The van der Waals surface area contributed by atoms with Crippen molar-refractivity contribution in [1.29, 1.82) is 0 Å². The first-order chi connectivity index (χ1) is 13.9. The Bertz CT molecular complexity index is 1250. The van der Waals surface area contributed by atoms with Gasteiger partial charge in [-0.25, -0.2) is 17.8 Å². The van der Waals surface area contributed by atoms with E-state index in [1.54, 1.807) is 30.4 Å². The number of benzene rings is 3. The molecule has 0 aliphatic heterocycles. The van der Waals surface area contributed by atoms with E-state index >= 15 is 0 Å². The van der Waals surface area contributed by atoms with Gasteiger partial charge in [0.2, 0.25) is 0 Å². The van der Waals surface area contributed by atoms with Gasteiger partial charge in [0.1, 0.15) is 10.8 Å². The second-order valence-corrected chi connectivity index (χ2v) is 9.01. The van der Waals surface area contributed by atoms with Crippen molar-refractivity contribution in [2.75, 3.05) is 4.72 Å². The summed E-state index contributed by atoms with van der Waals surface area (Å²) in [6.45, 7) is 1.56. The Balaban J connectivity index is 1.55. The van der Waals surface area contributed by atoms with E-state index in [4.69, 9.17) is 0 Å². The van der Waals surface area contributed by atoms with Crippen LogP contribution in [0.1, 0.15) is 5.56 Å². The van der Waals surface area contributed by atoms with Crippen molar-refractivity contribution in [1.82, 2.24) is 4.98 Å². The molecular weight excluding hydrogens is 407 g/mol. The summed E-state index contributed by atoms with van der Waals surface area (Å²) in [4.78, 5) is 4.72. The van der Waals surface area contributed by atoms with Gasteiger partial charge in [-0.15, -0.1) is 11.3 Å². The van der Waals surface area contributed by atoms with Gasteiger partial charge in [-0.05, 0) is 42.8 Å². The Hall–Kier alpha value is -3.03. The summed E-state index contributed by atoms with van der Waals surface area (Å²) >= 11 is 1.56. The van der Waals surface area contributed by atoms with Crippen molar-refractivity contribution < 1.29 is 12.8 Å². The molecule has 0 spiro atoms. The molecule has 0 saturated carbocycles. The lowest BCUT2D eigenvalue weighted by Gasteiger charge is -2.10. The van der Waals surface area contributed by atoms with E-state index in [2.05, 4.69) is 9.71 Å². The Morgan fingerprint density at radius 2 is 1.66 bits per heavy atom. The molecule has 4 rings (SSSR count). The molecule has 0 atom stereocenters. The predicted molar refractivity (Wildman–Crippen MR) is 115 cm³/mol. The SMILES string of the molecule is Cc1cc(F)ccc1S(=O)(=O)Nc1ccc(-c2csc(-c3ccccc3)n2)cc1. The lowest BCUT2D eigenvalue weighted by Crippen LogP contribution is -2.14. The smallest absolute Gasteiger partial charge is 0.262 e. The van der Waals surface area contributed by atoms with Gasteiger partial charge >= 0.3 is 0 Å². The molecule has 0 fully saturated rings. The highest BCUT2D eigenvalue weighted by molar-refractivity contribution is 7.92. The summed E-state index contributed by atoms with van der Waals surface area (Å²) in [5.41, 5.74) is 3.56. The zero-order chi connectivity index (χ0) is 20.4. The fraction of sp³-hybridized carbons (Fsp3) is 0.0455. The molecule has 0 aliphatic rings. The molecule has 0 bridgehead atoms. The molecule has 4 nitrogen and oxygen atoms in total. The van der Waals surface area contributed by atoms with Gasteiger partial charge in [0.25, 0.3) is 10.0 Å². The van der Waals surface area contributed by atoms with Gasteiger partial charge in [0.05, 0.1) is 10.6 Å². The van der Waals surface area contributed by atoms with Crippen LogP contribution in [0.15, 0.2) is 83.1 Å². The van der Waals surface area contributed by atoms with Crippen molar-refractivity contribution in [2.45, 2.75) is 11.8 Å². The minimum atomic E-state index is -3.80. The van der Waals surface area contributed by atoms with Crippen LogP contribution in [0.2, 0.25) is 0 Å². The number of rotatable bonds is 5. The van der Waals surface area contributed by atoms with Crippen LogP contribution in [0.25, 0.3) is 21.8 Å². The molecule has 1 N–H and O–H groups in total. The van der Waals surface area contributed by atoms with Gasteiger partial charge in [-0.2, -0.15) is 0 Å². The van der Waals surface area contributed by atoms with E-state index < -0.39 is 15.8 Å². The van der Waals surface area contributed by atoms with E-state index in [9.17, 15) is 12.8 Å². The summed E-state index contributed by atoms with van der Waals surface area (Å²) in [5, 5.41) is 2.90. The van der Waals surface area contributed by atoms with E-state index in [1.807, 2.05) is 47.8 Å². The van der Waals surface area contributed by atoms with Crippen LogP contribution in [-0.2, 0) is 10.0 Å². The van der Waals surface area contributed by atoms with Crippen LogP contribution >= 0.6 is 11.3 Å². The van der Waals surface area contributed by atoms with Gasteiger partial charge in [0, 0.05) is 22.2 Å². The fourth-order valence-corrected chi connectivity index (χ4v) is 5.07. The standard InChI is InChI=1S/C22H17FN2O2S2/c1-15-13-18(23)9-12-21(15)29(26,27)25-19-10-7-16(8-11-19)20-14-28-22(24-20)17-5-3-2-4-6-17/h2-14,25H,1H3. The third-order valence-corrected chi connectivity index (χ3v) is 6.82. The number of hydrogen-bond donors (Lipinski definition) is 1. The zero-order valence-corrected chi connectivity index (χ0v) is 17.1. The molecule has 4 aromatic rings. The highest BCUT2D eigenvalue weighted by Crippen LogP contribution is 2.29. The van der Waals surface area contributed by atoms with E-state index in [0.29, 0.717) is 11.3 Å². The number of aryl methyl sites for hydroxylation is 1.